The van der Waals surface area contributed by atoms with Crippen LogP contribution in [-0.2, 0) is 11.2 Å². The first-order chi connectivity index (χ1) is 10.1. The molecular weight excluding hydrogens is 276 g/mol. The zero-order valence-corrected chi connectivity index (χ0v) is 11.7. The number of imidazole rings is 1. The molecule has 1 aliphatic heterocycles. The predicted octanol–water partition coefficient (Wildman–Crippen LogP) is -0.181. The molecule has 2 heterocycles. The molecule has 8 nitrogen and oxygen atoms in total. The number of urea groups is 1. The van der Waals surface area contributed by atoms with Crippen LogP contribution >= 0.6 is 0 Å². The molecule has 21 heavy (non-hydrogen) atoms. The van der Waals surface area contributed by atoms with Crippen molar-refractivity contribution in [3.05, 3.63) is 18.2 Å². The number of carboxylic acids is 1. The molecule has 1 fully saturated rings. The third-order valence-corrected chi connectivity index (χ3v) is 3.64. The highest BCUT2D eigenvalue weighted by Gasteiger charge is 2.27. The Morgan fingerprint density at radius 1 is 1.57 bits per heavy atom. The molecule has 1 aliphatic rings. The Kier molecular flexibility index (Phi) is 5.15. The van der Waals surface area contributed by atoms with Gasteiger partial charge in [0.25, 0.3) is 0 Å². The summed E-state index contributed by atoms with van der Waals surface area (Å²) in [5.74, 6) is -1.02. The standard InChI is InChI=1S/C13H20N4O4/c18-7-9-2-1-3-17(6-9)13(21)16-11(12(19)20)4-10-5-14-8-15-10/h5,8-9,11,18H,1-4,6-7H2,(H,14,15)(H,16,21)(H,19,20)/t9?,11-/m1/s1. The SMILES string of the molecule is O=C(O)[C@@H](Cc1cnc[nH]1)NC(=O)N1CCCC(CO)C1. The van der Waals surface area contributed by atoms with Crippen LogP contribution in [0.1, 0.15) is 18.5 Å². The van der Waals surface area contributed by atoms with Gasteiger partial charge in [-0.25, -0.2) is 14.6 Å². The van der Waals surface area contributed by atoms with Crippen molar-refractivity contribution >= 4 is 12.0 Å². The first kappa shape index (κ1) is 15.3. The van der Waals surface area contributed by atoms with Crippen LogP contribution in [0.5, 0.6) is 0 Å². The summed E-state index contributed by atoms with van der Waals surface area (Å²) in [7, 11) is 0. The van der Waals surface area contributed by atoms with E-state index < -0.39 is 18.0 Å². The summed E-state index contributed by atoms with van der Waals surface area (Å²) in [5, 5.41) is 20.9. The first-order valence-electron chi connectivity index (χ1n) is 6.96. The van der Waals surface area contributed by atoms with E-state index >= 15 is 0 Å². The van der Waals surface area contributed by atoms with Crippen molar-refractivity contribution in [2.45, 2.75) is 25.3 Å². The molecule has 1 unspecified atom stereocenters. The molecule has 0 saturated carbocycles. The number of rotatable bonds is 5. The Bertz CT molecular complexity index is 477. The molecule has 2 amide bonds. The smallest absolute Gasteiger partial charge is 0.326 e. The molecule has 1 aromatic heterocycles. The van der Waals surface area contributed by atoms with E-state index in [0.29, 0.717) is 18.8 Å². The number of carbonyl (C=O) groups excluding carboxylic acids is 1. The number of nitrogens with one attached hydrogen (secondary N) is 2. The highest BCUT2D eigenvalue weighted by molar-refractivity contribution is 5.82. The van der Waals surface area contributed by atoms with Crippen molar-refractivity contribution in [2.75, 3.05) is 19.7 Å². The van der Waals surface area contributed by atoms with Gasteiger partial charge in [-0.2, -0.15) is 0 Å². The monoisotopic (exact) mass is 296 g/mol. The lowest BCUT2D eigenvalue weighted by Crippen LogP contribution is -2.51. The van der Waals surface area contributed by atoms with Crippen molar-refractivity contribution in [1.82, 2.24) is 20.2 Å². The van der Waals surface area contributed by atoms with Crippen LogP contribution in [0.2, 0.25) is 0 Å². The van der Waals surface area contributed by atoms with Crippen LogP contribution in [0, 0.1) is 5.92 Å². The van der Waals surface area contributed by atoms with Crippen LogP contribution in [-0.4, -0.2) is 62.8 Å². The summed E-state index contributed by atoms with van der Waals surface area (Å²) in [6.45, 7) is 1.08. The number of carboxylic acid groups (broad SMARTS) is 1. The average molecular weight is 296 g/mol. The van der Waals surface area contributed by atoms with E-state index in [4.69, 9.17) is 5.11 Å². The van der Waals surface area contributed by atoms with E-state index in [1.807, 2.05) is 0 Å². The second-order valence-electron chi connectivity index (χ2n) is 5.26. The number of piperidine rings is 1. The number of amides is 2. The number of hydrogen-bond donors (Lipinski definition) is 4. The predicted molar refractivity (Wildman–Crippen MR) is 73.6 cm³/mol. The van der Waals surface area contributed by atoms with Gasteiger partial charge in [0.15, 0.2) is 0 Å². The fraction of sp³-hybridized carbons (Fsp3) is 0.615. The summed E-state index contributed by atoms with van der Waals surface area (Å²) < 4.78 is 0. The maximum absolute atomic E-state index is 12.1. The van der Waals surface area contributed by atoms with Gasteiger partial charge >= 0.3 is 12.0 Å². The van der Waals surface area contributed by atoms with E-state index in [-0.39, 0.29) is 18.9 Å². The van der Waals surface area contributed by atoms with E-state index in [2.05, 4.69) is 15.3 Å². The van der Waals surface area contributed by atoms with E-state index in [1.165, 1.54) is 12.5 Å². The fourth-order valence-corrected chi connectivity index (χ4v) is 2.46. The third kappa shape index (κ3) is 4.19. The van der Waals surface area contributed by atoms with Gasteiger partial charge in [0.05, 0.1) is 6.33 Å². The highest BCUT2D eigenvalue weighted by Crippen LogP contribution is 2.15. The molecule has 116 valence electrons. The van der Waals surface area contributed by atoms with E-state index in [1.54, 1.807) is 4.90 Å². The lowest BCUT2D eigenvalue weighted by atomic mass is 9.99. The molecule has 0 aliphatic carbocycles. The number of hydrogen-bond acceptors (Lipinski definition) is 4. The Balaban J connectivity index is 1.93. The molecule has 0 radical (unpaired) electrons. The molecular formula is C13H20N4O4. The van der Waals surface area contributed by atoms with E-state index in [9.17, 15) is 14.7 Å². The van der Waals surface area contributed by atoms with Crippen LogP contribution in [0.25, 0.3) is 0 Å². The normalized spacial score (nSPS) is 20.0. The number of nitrogens with zero attached hydrogens (tertiary/aromatic N) is 2. The zero-order valence-electron chi connectivity index (χ0n) is 11.7. The molecule has 1 aromatic rings. The van der Waals surface area contributed by atoms with Gasteiger partial charge in [-0.05, 0) is 18.8 Å². The van der Waals surface area contributed by atoms with Gasteiger partial charge in [0.1, 0.15) is 6.04 Å². The first-order valence-corrected chi connectivity index (χ1v) is 6.96. The molecule has 2 rings (SSSR count). The number of aliphatic carboxylic acids is 1. The minimum atomic E-state index is -1.09. The molecule has 2 atom stereocenters. The van der Waals surface area contributed by atoms with Gasteiger partial charge in [-0.3, -0.25) is 0 Å². The maximum atomic E-state index is 12.1. The van der Waals surface area contributed by atoms with Crippen LogP contribution in [0.3, 0.4) is 0 Å². The Morgan fingerprint density at radius 3 is 3.00 bits per heavy atom. The molecule has 8 heteroatoms. The summed E-state index contributed by atoms with van der Waals surface area (Å²) in [4.78, 5) is 31.6. The maximum Gasteiger partial charge on any atom is 0.326 e. The summed E-state index contributed by atoms with van der Waals surface area (Å²) in [5.41, 5.74) is 0.648. The number of aromatic nitrogens is 2. The lowest BCUT2D eigenvalue weighted by molar-refractivity contribution is -0.139. The molecule has 0 spiro atoms. The lowest BCUT2D eigenvalue weighted by Gasteiger charge is -2.32. The zero-order chi connectivity index (χ0) is 15.2. The van der Waals surface area contributed by atoms with E-state index in [0.717, 1.165) is 12.8 Å². The second-order valence-corrected chi connectivity index (χ2v) is 5.26. The Hall–Kier alpha value is -2.09. The van der Waals surface area contributed by atoms with Gasteiger partial charge in [-0.1, -0.05) is 0 Å². The minimum Gasteiger partial charge on any atom is -0.480 e. The number of H-pyrrole nitrogens is 1. The summed E-state index contributed by atoms with van der Waals surface area (Å²) >= 11 is 0. The van der Waals surface area contributed by atoms with Gasteiger partial charge in [0, 0.05) is 38.0 Å². The topological polar surface area (TPSA) is 119 Å². The fourth-order valence-electron chi connectivity index (χ4n) is 2.46. The van der Waals surface area contributed by atoms with Gasteiger partial charge < -0.3 is 25.4 Å². The van der Waals surface area contributed by atoms with Crippen LogP contribution in [0.15, 0.2) is 12.5 Å². The second kappa shape index (κ2) is 7.07. The molecule has 0 bridgehead atoms. The van der Waals surface area contributed by atoms with Gasteiger partial charge in [-0.15, -0.1) is 0 Å². The molecule has 1 saturated heterocycles. The number of aliphatic hydroxyl groups excluding tert-OH is 1. The largest absolute Gasteiger partial charge is 0.480 e. The summed E-state index contributed by atoms with van der Waals surface area (Å²) in [6, 6.07) is -1.41. The Morgan fingerprint density at radius 2 is 2.38 bits per heavy atom. The van der Waals surface area contributed by atoms with Crippen LogP contribution < -0.4 is 5.32 Å². The number of likely N-dealkylation sites (tertiary alicyclic amines) is 1. The van der Waals surface area contributed by atoms with Crippen molar-refractivity contribution in [3.63, 3.8) is 0 Å². The molecule has 4 N–H and O–H groups in total. The van der Waals surface area contributed by atoms with Crippen molar-refractivity contribution in [1.29, 1.82) is 0 Å². The quantitative estimate of drug-likeness (QED) is 0.601. The number of aromatic amines is 1. The third-order valence-electron chi connectivity index (χ3n) is 3.64. The number of aliphatic hydroxyl groups is 1. The van der Waals surface area contributed by atoms with Crippen molar-refractivity contribution < 1.29 is 19.8 Å². The van der Waals surface area contributed by atoms with Crippen molar-refractivity contribution in [2.24, 2.45) is 5.92 Å². The average Bonchev–Trinajstić information content (AvgIpc) is 2.99. The van der Waals surface area contributed by atoms with Crippen molar-refractivity contribution in [3.8, 4) is 0 Å². The van der Waals surface area contributed by atoms with Crippen LogP contribution in [0.4, 0.5) is 4.79 Å². The Labute approximate surface area is 122 Å². The molecule has 0 aromatic carbocycles. The minimum absolute atomic E-state index is 0.0419. The number of carbonyl (C=O) groups is 2. The highest BCUT2D eigenvalue weighted by atomic mass is 16.4. The summed E-state index contributed by atoms with van der Waals surface area (Å²) in [6.07, 6.45) is 4.85. The van der Waals surface area contributed by atoms with Gasteiger partial charge in [0.2, 0.25) is 0 Å².